The SMILES string of the molecule is COc1ccc(-c2ncccn2)cc1C(C)(C)CC(O)(Cc1cc2cc(N3CCCCC3)ncc2[nH]1)C(F)(F)F. The van der Waals surface area contributed by atoms with E-state index in [1.165, 1.54) is 13.5 Å². The van der Waals surface area contributed by atoms with Gasteiger partial charge in [-0.2, -0.15) is 13.2 Å². The number of aromatic nitrogens is 4. The predicted octanol–water partition coefficient (Wildman–Crippen LogP) is 6.22. The van der Waals surface area contributed by atoms with Crippen LogP contribution < -0.4 is 9.64 Å². The van der Waals surface area contributed by atoms with E-state index in [9.17, 15) is 18.3 Å². The number of nitrogens with one attached hydrogen (secondary N) is 1. The zero-order valence-corrected chi connectivity index (χ0v) is 22.9. The molecule has 2 N–H and O–H groups in total. The normalized spacial score (nSPS) is 16.2. The Morgan fingerprint density at radius 1 is 1.00 bits per heavy atom. The molecule has 0 amide bonds. The average Bonchev–Trinajstić information content (AvgIpc) is 3.34. The van der Waals surface area contributed by atoms with Crippen molar-refractivity contribution in [3.8, 4) is 17.1 Å². The summed E-state index contributed by atoms with van der Waals surface area (Å²) < 4.78 is 49.3. The minimum atomic E-state index is -4.88. The Kier molecular flexibility index (Phi) is 7.48. The third-order valence-corrected chi connectivity index (χ3v) is 7.72. The molecule has 7 nitrogen and oxygen atoms in total. The summed E-state index contributed by atoms with van der Waals surface area (Å²) in [6.07, 6.45) is 2.14. The largest absolute Gasteiger partial charge is 0.496 e. The van der Waals surface area contributed by atoms with Crippen molar-refractivity contribution in [1.29, 1.82) is 0 Å². The number of aliphatic hydroxyl groups is 1. The van der Waals surface area contributed by atoms with Gasteiger partial charge in [-0.05, 0) is 67.5 Å². The minimum Gasteiger partial charge on any atom is -0.496 e. The average molecular weight is 554 g/mol. The fourth-order valence-electron chi connectivity index (χ4n) is 5.70. The number of benzene rings is 1. The highest BCUT2D eigenvalue weighted by atomic mass is 19.4. The smallest absolute Gasteiger partial charge is 0.417 e. The van der Waals surface area contributed by atoms with Crippen molar-refractivity contribution in [3.63, 3.8) is 0 Å². The van der Waals surface area contributed by atoms with Gasteiger partial charge in [0, 0.05) is 54.1 Å². The van der Waals surface area contributed by atoms with E-state index in [0.29, 0.717) is 33.9 Å². The topological polar surface area (TPSA) is 87.2 Å². The van der Waals surface area contributed by atoms with Crippen molar-refractivity contribution in [3.05, 3.63) is 66.2 Å². The highest BCUT2D eigenvalue weighted by molar-refractivity contribution is 5.82. The molecule has 0 radical (unpaired) electrons. The number of hydrogen-bond donors (Lipinski definition) is 2. The fourth-order valence-corrected chi connectivity index (χ4v) is 5.70. The molecule has 212 valence electrons. The quantitative estimate of drug-likeness (QED) is 0.269. The number of anilines is 1. The van der Waals surface area contributed by atoms with Crippen LogP contribution in [0, 0.1) is 0 Å². The van der Waals surface area contributed by atoms with Gasteiger partial charge in [-0.25, -0.2) is 15.0 Å². The molecule has 1 aliphatic heterocycles. The molecule has 1 aliphatic rings. The van der Waals surface area contributed by atoms with Gasteiger partial charge in [0.25, 0.3) is 0 Å². The number of methoxy groups -OCH3 is 1. The molecular formula is C30H34F3N5O2. The lowest BCUT2D eigenvalue weighted by molar-refractivity contribution is -0.266. The second-order valence-corrected chi connectivity index (χ2v) is 11.2. The molecule has 0 spiro atoms. The van der Waals surface area contributed by atoms with Crippen LogP contribution in [0.15, 0.2) is 55.0 Å². The lowest BCUT2D eigenvalue weighted by atomic mass is 9.73. The molecule has 1 saturated heterocycles. The fraction of sp³-hybridized carbons (Fsp3) is 0.433. The summed E-state index contributed by atoms with van der Waals surface area (Å²) in [4.78, 5) is 18.3. The molecule has 0 aliphatic carbocycles. The Morgan fingerprint density at radius 3 is 2.40 bits per heavy atom. The van der Waals surface area contributed by atoms with E-state index in [4.69, 9.17) is 4.74 Å². The summed E-state index contributed by atoms with van der Waals surface area (Å²) in [6.45, 7) is 5.19. The second kappa shape index (κ2) is 10.7. The number of ether oxygens (including phenoxy) is 1. The van der Waals surface area contributed by atoms with E-state index in [0.717, 1.165) is 37.1 Å². The number of pyridine rings is 1. The number of alkyl halides is 3. The third kappa shape index (κ3) is 5.63. The summed E-state index contributed by atoms with van der Waals surface area (Å²) >= 11 is 0. The van der Waals surface area contributed by atoms with Crippen molar-refractivity contribution in [1.82, 2.24) is 19.9 Å². The van der Waals surface area contributed by atoms with Crippen LogP contribution >= 0.6 is 0 Å². The molecule has 4 heterocycles. The lowest BCUT2D eigenvalue weighted by Gasteiger charge is -2.38. The maximum Gasteiger partial charge on any atom is 0.417 e. The number of fused-ring (bicyclic) bond motifs is 1. The molecule has 0 saturated carbocycles. The molecule has 10 heteroatoms. The molecule has 1 unspecified atom stereocenters. The minimum absolute atomic E-state index is 0.293. The molecule has 1 aromatic carbocycles. The number of halogens is 3. The highest BCUT2D eigenvalue weighted by Gasteiger charge is 2.56. The van der Waals surface area contributed by atoms with E-state index >= 15 is 0 Å². The first kappa shape index (κ1) is 27.9. The Hall–Kier alpha value is -3.66. The Bertz CT molecular complexity index is 1470. The van der Waals surface area contributed by atoms with Crippen LogP contribution in [0.5, 0.6) is 5.75 Å². The number of rotatable bonds is 8. The first-order valence-electron chi connectivity index (χ1n) is 13.5. The number of nitrogens with zero attached hydrogens (tertiary/aromatic N) is 4. The van der Waals surface area contributed by atoms with E-state index in [-0.39, 0.29) is 0 Å². The Morgan fingerprint density at radius 2 is 1.73 bits per heavy atom. The summed E-state index contributed by atoms with van der Waals surface area (Å²) in [7, 11) is 1.47. The molecule has 3 aromatic heterocycles. The van der Waals surface area contributed by atoms with Crippen molar-refractivity contribution in [2.75, 3.05) is 25.1 Å². The van der Waals surface area contributed by atoms with Gasteiger partial charge in [0.2, 0.25) is 0 Å². The van der Waals surface area contributed by atoms with Crippen molar-refractivity contribution in [2.24, 2.45) is 0 Å². The standard InChI is InChI=1S/C30H34F3N5O2/c1-28(2,23-15-20(8-9-25(23)40-3)27-34-10-7-11-35-27)19-29(39,30(31,32)33)17-22-14-21-16-26(36-18-24(21)37-22)38-12-5-4-6-13-38/h7-11,14-16,18,37,39H,4-6,12-13,17,19H2,1-3H3. The van der Waals surface area contributed by atoms with Crippen LogP contribution in [0.25, 0.3) is 22.3 Å². The maximum atomic E-state index is 14.6. The monoisotopic (exact) mass is 553 g/mol. The van der Waals surface area contributed by atoms with Crippen molar-refractivity contribution < 1.29 is 23.0 Å². The summed E-state index contributed by atoms with van der Waals surface area (Å²) in [5.74, 6) is 1.69. The maximum absolute atomic E-state index is 14.6. The number of hydrogen-bond acceptors (Lipinski definition) is 6. The van der Waals surface area contributed by atoms with Crippen molar-refractivity contribution in [2.45, 2.75) is 63.1 Å². The molecule has 1 atom stereocenters. The van der Waals surface area contributed by atoms with Crippen LogP contribution in [0.3, 0.4) is 0 Å². The van der Waals surface area contributed by atoms with E-state index < -0.39 is 30.0 Å². The van der Waals surface area contributed by atoms with E-state index in [1.54, 1.807) is 62.8 Å². The van der Waals surface area contributed by atoms with Crippen LogP contribution in [-0.4, -0.2) is 57.0 Å². The lowest BCUT2D eigenvalue weighted by Crippen LogP contribution is -2.51. The summed E-state index contributed by atoms with van der Waals surface area (Å²) in [5, 5.41) is 12.1. The molecule has 40 heavy (non-hydrogen) atoms. The zero-order chi connectivity index (χ0) is 28.5. The Balaban J connectivity index is 1.45. The third-order valence-electron chi connectivity index (χ3n) is 7.72. The summed E-state index contributed by atoms with van der Waals surface area (Å²) in [5.41, 5.74) is -2.04. The zero-order valence-electron chi connectivity index (χ0n) is 22.9. The first-order valence-corrected chi connectivity index (χ1v) is 13.5. The molecule has 1 fully saturated rings. The van der Waals surface area contributed by atoms with Gasteiger partial charge in [-0.3, -0.25) is 0 Å². The molecule has 5 rings (SSSR count). The van der Waals surface area contributed by atoms with Gasteiger partial charge in [-0.1, -0.05) is 13.8 Å². The molecule has 0 bridgehead atoms. The van der Waals surface area contributed by atoms with Gasteiger partial charge < -0.3 is 19.7 Å². The van der Waals surface area contributed by atoms with E-state index in [2.05, 4.69) is 24.8 Å². The second-order valence-electron chi connectivity index (χ2n) is 11.2. The molecule has 4 aromatic rings. The number of piperidine rings is 1. The van der Waals surface area contributed by atoms with Crippen LogP contribution in [0.4, 0.5) is 19.0 Å². The number of aromatic amines is 1. The van der Waals surface area contributed by atoms with Gasteiger partial charge >= 0.3 is 6.18 Å². The first-order chi connectivity index (χ1) is 19.0. The Labute approximate surface area is 231 Å². The van der Waals surface area contributed by atoms with Crippen LogP contribution in [-0.2, 0) is 11.8 Å². The number of H-pyrrole nitrogens is 1. The van der Waals surface area contributed by atoms with Crippen LogP contribution in [0.2, 0.25) is 0 Å². The molecular weight excluding hydrogens is 519 g/mol. The van der Waals surface area contributed by atoms with Gasteiger partial charge in [0.05, 0.1) is 18.8 Å². The van der Waals surface area contributed by atoms with Gasteiger partial charge in [0.15, 0.2) is 11.4 Å². The van der Waals surface area contributed by atoms with Gasteiger partial charge in [-0.15, -0.1) is 0 Å². The van der Waals surface area contributed by atoms with Crippen LogP contribution in [0.1, 0.15) is 50.8 Å². The summed E-state index contributed by atoms with van der Waals surface area (Å²) in [6, 6.07) is 10.5. The van der Waals surface area contributed by atoms with Gasteiger partial charge in [0.1, 0.15) is 11.6 Å². The highest BCUT2D eigenvalue weighted by Crippen LogP contribution is 2.46. The predicted molar refractivity (Wildman–Crippen MR) is 149 cm³/mol. The van der Waals surface area contributed by atoms with Crippen molar-refractivity contribution >= 4 is 16.7 Å². The van der Waals surface area contributed by atoms with E-state index in [1.807, 2.05) is 6.07 Å².